The molecule has 31 heavy (non-hydrogen) atoms. The summed E-state index contributed by atoms with van der Waals surface area (Å²) in [5, 5.41) is 4.74. The Morgan fingerprint density at radius 2 is 1.81 bits per heavy atom. The van der Waals surface area contributed by atoms with Gasteiger partial charge in [-0.15, -0.1) is 0 Å². The maximum atomic E-state index is 12.2. The van der Waals surface area contributed by atoms with E-state index in [9.17, 15) is 4.79 Å². The lowest BCUT2D eigenvalue weighted by atomic mass is 10.2. The van der Waals surface area contributed by atoms with E-state index in [1.165, 1.54) is 0 Å². The summed E-state index contributed by atoms with van der Waals surface area (Å²) in [7, 11) is 0. The fourth-order valence-electron chi connectivity index (χ4n) is 2.63. The van der Waals surface area contributed by atoms with E-state index in [4.69, 9.17) is 21.1 Å². The number of nitrogens with one attached hydrogen (secondary N) is 1. The van der Waals surface area contributed by atoms with E-state index in [-0.39, 0.29) is 5.91 Å². The highest BCUT2D eigenvalue weighted by Crippen LogP contribution is 2.34. The van der Waals surface area contributed by atoms with Crippen molar-refractivity contribution in [1.29, 1.82) is 0 Å². The maximum absolute atomic E-state index is 12.2. The fraction of sp³-hybridized carbons (Fsp3) is 0.130. The first-order valence-electron chi connectivity index (χ1n) is 9.39. The largest absolute Gasteiger partial charge is 0.490 e. The molecule has 5 nitrogen and oxygen atoms in total. The maximum Gasteiger partial charge on any atom is 0.271 e. The number of halogens is 3. The van der Waals surface area contributed by atoms with Gasteiger partial charge in [0.05, 0.1) is 12.8 Å². The third-order valence-electron chi connectivity index (χ3n) is 4.13. The standard InChI is InChI=1S/C23H19Br2ClN2O3/c1-2-30-21-11-17(13-27-28-23(29)16-4-3-5-18(24)10-16)20(25)12-22(21)31-14-15-6-8-19(26)9-7-15/h3-13H,2,14H2,1H3,(H,28,29)/b27-13-. The third kappa shape index (κ3) is 6.82. The van der Waals surface area contributed by atoms with Gasteiger partial charge in [0.25, 0.3) is 5.91 Å². The number of rotatable bonds is 8. The van der Waals surface area contributed by atoms with Gasteiger partial charge in [-0.1, -0.05) is 45.7 Å². The summed E-state index contributed by atoms with van der Waals surface area (Å²) in [5.41, 5.74) is 4.75. The van der Waals surface area contributed by atoms with Crippen LogP contribution in [0.4, 0.5) is 0 Å². The van der Waals surface area contributed by atoms with E-state index >= 15 is 0 Å². The molecule has 1 N–H and O–H groups in total. The van der Waals surface area contributed by atoms with Crippen LogP contribution in [0.2, 0.25) is 5.02 Å². The first-order chi connectivity index (χ1) is 15.0. The number of ether oxygens (including phenoxy) is 2. The Bertz CT molecular complexity index is 1090. The van der Waals surface area contributed by atoms with Crippen LogP contribution in [0.25, 0.3) is 0 Å². The van der Waals surface area contributed by atoms with Crippen LogP contribution in [0.5, 0.6) is 11.5 Å². The molecule has 1 amide bonds. The summed E-state index contributed by atoms with van der Waals surface area (Å²) in [5.74, 6) is 0.875. The van der Waals surface area contributed by atoms with Gasteiger partial charge in [0.2, 0.25) is 0 Å². The van der Waals surface area contributed by atoms with Crippen LogP contribution in [0, 0.1) is 0 Å². The van der Waals surface area contributed by atoms with E-state index in [1.54, 1.807) is 30.5 Å². The summed E-state index contributed by atoms with van der Waals surface area (Å²) in [4.78, 5) is 12.2. The minimum Gasteiger partial charge on any atom is -0.490 e. The highest BCUT2D eigenvalue weighted by Gasteiger charge is 2.11. The van der Waals surface area contributed by atoms with Crippen LogP contribution in [0.15, 0.2) is 74.7 Å². The second-order valence-electron chi connectivity index (χ2n) is 6.38. The molecule has 8 heteroatoms. The number of hydrazone groups is 1. The lowest BCUT2D eigenvalue weighted by Crippen LogP contribution is -2.17. The Morgan fingerprint density at radius 1 is 1.06 bits per heavy atom. The number of carbonyl (C=O) groups excluding carboxylic acids is 1. The molecule has 3 rings (SSSR count). The smallest absolute Gasteiger partial charge is 0.271 e. The van der Waals surface area contributed by atoms with E-state index in [1.807, 2.05) is 43.3 Å². The Morgan fingerprint density at radius 3 is 2.52 bits per heavy atom. The molecule has 0 aliphatic rings. The van der Waals surface area contributed by atoms with Crippen LogP contribution in [-0.2, 0) is 6.61 Å². The van der Waals surface area contributed by atoms with Crippen molar-refractivity contribution in [3.05, 3.63) is 91.3 Å². The van der Waals surface area contributed by atoms with Crippen molar-refractivity contribution in [2.75, 3.05) is 6.61 Å². The number of carbonyl (C=O) groups is 1. The molecule has 0 fully saturated rings. The quantitative estimate of drug-likeness (QED) is 0.247. The molecular weight excluding hydrogens is 548 g/mol. The molecule has 0 aromatic heterocycles. The number of benzene rings is 3. The molecule has 0 saturated heterocycles. The second kappa shape index (κ2) is 11.3. The van der Waals surface area contributed by atoms with E-state index in [0.717, 1.165) is 20.1 Å². The van der Waals surface area contributed by atoms with Crippen molar-refractivity contribution >= 4 is 55.6 Å². The zero-order valence-corrected chi connectivity index (χ0v) is 20.5. The molecule has 0 bridgehead atoms. The summed E-state index contributed by atoms with van der Waals surface area (Å²) in [6.45, 7) is 2.76. The van der Waals surface area contributed by atoms with Gasteiger partial charge in [-0.25, -0.2) is 5.43 Å². The van der Waals surface area contributed by atoms with Gasteiger partial charge in [0.1, 0.15) is 6.61 Å². The van der Waals surface area contributed by atoms with Gasteiger partial charge >= 0.3 is 0 Å². The van der Waals surface area contributed by atoms with Gasteiger partial charge in [-0.05, 0) is 70.9 Å². The summed E-state index contributed by atoms with van der Waals surface area (Å²) < 4.78 is 13.2. The van der Waals surface area contributed by atoms with Crippen molar-refractivity contribution in [1.82, 2.24) is 5.43 Å². The van der Waals surface area contributed by atoms with Crippen LogP contribution >= 0.6 is 43.5 Å². The minimum atomic E-state index is -0.304. The van der Waals surface area contributed by atoms with Crippen LogP contribution < -0.4 is 14.9 Å². The average molecular weight is 567 g/mol. The Kier molecular flexibility index (Phi) is 8.51. The zero-order chi connectivity index (χ0) is 22.2. The molecule has 0 radical (unpaired) electrons. The van der Waals surface area contributed by atoms with Gasteiger partial charge < -0.3 is 9.47 Å². The molecule has 0 atom stereocenters. The predicted octanol–water partition coefficient (Wildman–Crippen LogP) is 6.61. The van der Waals surface area contributed by atoms with E-state index in [0.29, 0.717) is 35.3 Å². The number of amides is 1. The molecule has 3 aromatic carbocycles. The number of nitrogens with zero attached hydrogens (tertiary/aromatic N) is 1. The average Bonchev–Trinajstić information content (AvgIpc) is 2.75. The van der Waals surface area contributed by atoms with E-state index < -0.39 is 0 Å². The lowest BCUT2D eigenvalue weighted by molar-refractivity contribution is 0.0955. The van der Waals surface area contributed by atoms with Crippen LogP contribution in [0.1, 0.15) is 28.4 Å². The predicted molar refractivity (Wildman–Crippen MR) is 130 cm³/mol. The zero-order valence-electron chi connectivity index (χ0n) is 16.6. The fourth-order valence-corrected chi connectivity index (χ4v) is 3.58. The van der Waals surface area contributed by atoms with Gasteiger partial charge in [-0.3, -0.25) is 4.79 Å². The SMILES string of the molecule is CCOc1cc(/C=N\NC(=O)c2cccc(Br)c2)c(Br)cc1OCc1ccc(Cl)cc1. The molecule has 0 aliphatic carbocycles. The molecule has 0 aliphatic heterocycles. The number of hydrogen-bond acceptors (Lipinski definition) is 4. The number of hydrogen-bond donors (Lipinski definition) is 1. The summed E-state index contributed by atoms with van der Waals surface area (Å²) >= 11 is 12.8. The van der Waals surface area contributed by atoms with Gasteiger partial charge in [0, 0.05) is 25.1 Å². The summed E-state index contributed by atoms with van der Waals surface area (Å²) in [6, 6.07) is 18.2. The Labute approximate surface area is 202 Å². The molecule has 160 valence electrons. The monoisotopic (exact) mass is 564 g/mol. The van der Waals surface area contributed by atoms with Crippen molar-refractivity contribution in [2.24, 2.45) is 5.10 Å². The van der Waals surface area contributed by atoms with Gasteiger partial charge in [0.15, 0.2) is 11.5 Å². The van der Waals surface area contributed by atoms with Crippen molar-refractivity contribution in [3.63, 3.8) is 0 Å². The molecule has 0 saturated carbocycles. The molecule has 0 unspecified atom stereocenters. The normalized spacial score (nSPS) is 10.8. The minimum absolute atomic E-state index is 0.304. The molecule has 0 heterocycles. The first kappa shape index (κ1) is 23.3. The lowest BCUT2D eigenvalue weighted by Gasteiger charge is -2.14. The third-order valence-corrected chi connectivity index (χ3v) is 5.56. The molecule has 0 spiro atoms. The Balaban J connectivity index is 1.72. The topological polar surface area (TPSA) is 59.9 Å². The Hall–Kier alpha value is -2.35. The summed E-state index contributed by atoms with van der Waals surface area (Å²) in [6.07, 6.45) is 1.55. The van der Waals surface area contributed by atoms with Crippen LogP contribution in [-0.4, -0.2) is 18.7 Å². The second-order valence-corrected chi connectivity index (χ2v) is 8.58. The molecular formula is C23H19Br2ClN2O3. The van der Waals surface area contributed by atoms with Crippen molar-refractivity contribution < 1.29 is 14.3 Å². The van der Waals surface area contributed by atoms with Crippen molar-refractivity contribution in [2.45, 2.75) is 13.5 Å². The van der Waals surface area contributed by atoms with E-state index in [2.05, 4.69) is 42.4 Å². The highest BCUT2D eigenvalue weighted by atomic mass is 79.9. The van der Waals surface area contributed by atoms with Crippen LogP contribution in [0.3, 0.4) is 0 Å². The van der Waals surface area contributed by atoms with Gasteiger partial charge in [-0.2, -0.15) is 5.10 Å². The highest BCUT2D eigenvalue weighted by molar-refractivity contribution is 9.10. The first-order valence-corrected chi connectivity index (χ1v) is 11.3. The van der Waals surface area contributed by atoms with Crippen molar-refractivity contribution in [3.8, 4) is 11.5 Å². The molecule has 3 aromatic rings.